The first kappa shape index (κ1) is 15.1. The maximum Gasteiger partial charge on any atom is 0.259 e. The highest BCUT2D eigenvalue weighted by atomic mass is 79.9. The van der Waals surface area contributed by atoms with E-state index in [1.165, 1.54) is 28.2 Å². The fourth-order valence-electron chi connectivity index (χ4n) is 2.08. The Morgan fingerprint density at radius 3 is 2.62 bits per heavy atom. The van der Waals surface area contributed by atoms with E-state index in [2.05, 4.69) is 61.2 Å². The number of thiophene rings is 1. The first-order valence-electron chi connectivity index (χ1n) is 6.08. The van der Waals surface area contributed by atoms with Crippen LogP contribution in [0.5, 0.6) is 0 Å². The van der Waals surface area contributed by atoms with Crippen molar-refractivity contribution in [1.82, 2.24) is 4.98 Å². The van der Waals surface area contributed by atoms with Crippen molar-refractivity contribution in [1.29, 1.82) is 0 Å². The molecule has 0 aliphatic rings. The summed E-state index contributed by atoms with van der Waals surface area (Å²) in [5.74, 6) is -0.155. The normalized spacial score (nSPS) is 11.0. The molecule has 0 spiro atoms. The zero-order chi connectivity index (χ0) is 15.1. The number of carbonyl (C=O) groups excluding carboxylic acids is 1. The summed E-state index contributed by atoms with van der Waals surface area (Å²) in [6.07, 6.45) is 0. The van der Waals surface area contributed by atoms with E-state index in [9.17, 15) is 4.79 Å². The summed E-state index contributed by atoms with van der Waals surface area (Å²) in [6, 6.07) is 5.99. The number of amides is 1. The summed E-state index contributed by atoms with van der Waals surface area (Å²) in [4.78, 5) is 16.8. The Labute approximate surface area is 146 Å². The molecule has 2 heterocycles. The van der Waals surface area contributed by atoms with Gasteiger partial charge in [0.05, 0.1) is 23.4 Å². The van der Waals surface area contributed by atoms with E-state index in [0.717, 1.165) is 23.4 Å². The second-order valence-electron chi connectivity index (χ2n) is 4.64. The summed E-state index contributed by atoms with van der Waals surface area (Å²) in [6.45, 7) is 4.09. The van der Waals surface area contributed by atoms with E-state index in [0.29, 0.717) is 10.7 Å². The number of aromatic nitrogens is 1. The lowest BCUT2D eigenvalue weighted by molar-refractivity contribution is 0.102. The SMILES string of the molecule is Cc1cc(C)c2nc(NC(=O)c3cc(Br)sc3Br)sc2c1. The van der Waals surface area contributed by atoms with Gasteiger partial charge in [0.2, 0.25) is 0 Å². The van der Waals surface area contributed by atoms with Crippen molar-refractivity contribution in [3.63, 3.8) is 0 Å². The van der Waals surface area contributed by atoms with Crippen LogP contribution in [0.25, 0.3) is 10.2 Å². The Hall–Kier alpha value is -0.760. The molecule has 1 aromatic carbocycles. The number of benzene rings is 1. The highest BCUT2D eigenvalue weighted by molar-refractivity contribution is 9.12. The Morgan fingerprint density at radius 1 is 1.19 bits per heavy atom. The number of rotatable bonds is 2. The third-order valence-electron chi connectivity index (χ3n) is 2.95. The van der Waals surface area contributed by atoms with Crippen molar-refractivity contribution in [2.45, 2.75) is 13.8 Å². The van der Waals surface area contributed by atoms with E-state index in [1.54, 1.807) is 6.07 Å². The van der Waals surface area contributed by atoms with Gasteiger partial charge in [-0.3, -0.25) is 10.1 Å². The molecule has 3 rings (SSSR count). The molecule has 0 saturated carbocycles. The topological polar surface area (TPSA) is 42.0 Å². The van der Waals surface area contributed by atoms with Crippen molar-refractivity contribution < 1.29 is 4.79 Å². The number of aryl methyl sites for hydroxylation is 2. The minimum absolute atomic E-state index is 0.155. The fraction of sp³-hybridized carbons (Fsp3) is 0.143. The number of hydrogen-bond acceptors (Lipinski definition) is 4. The number of hydrogen-bond donors (Lipinski definition) is 1. The Bertz CT molecular complexity index is 854. The molecule has 21 heavy (non-hydrogen) atoms. The minimum atomic E-state index is -0.155. The maximum atomic E-state index is 12.3. The zero-order valence-electron chi connectivity index (χ0n) is 11.2. The van der Waals surface area contributed by atoms with Crippen LogP contribution in [0.3, 0.4) is 0 Å². The molecule has 7 heteroatoms. The van der Waals surface area contributed by atoms with Crippen LogP contribution < -0.4 is 5.32 Å². The van der Waals surface area contributed by atoms with Crippen molar-refractivity contribution in [3.05, 3.63) is 42.5 Å². The number of carbonyl (C=O) groups is 1. The summed E-state index contributed by atoms with van der Waals surface area (Å²) < 4.78 is 2.81. The number of nitrogens with one attached hydrogen (secondary N) is 1. The molecule has 3 aromatic rings. The van der Waals surface area contributed by atoms with Crippen LogP contribution in [0.2, 0.25) is 0 Å². The van der Waals surface area contributed by atoms with E-state index in [1.807, 2.05) is 6.92 Å². The highest BCUT2D eigenvalue weighted by Crippen LogP contribution is 2.33. The third-order valence-corrected chi connectivity index (χ3v) is 6.21. The van der Waals surface area contributed by atoms with Gasteiger partial charge in [-0.05, 0) is 69.0 Å². The van der Waals surface area contributed by atoms with E-state index in [-0.39, 0.29) is 5.91 Å². The molecule has 0 fully saturated rings. The van der Waals surface area contributed by atoms with E-state index in [4.69, 9.17) is 0 Å². The Kier molecular flexibility index (Phi) is 4.18. The second kappa shape index (κ2) is 5.79. The standard InChI is InChI=1S/C14H10Br2N2OS2/c1-6-3-7(2)11-9(4-6)20-14(17-11)18-13(19)8-5-10(15)21-12(8)16/h3-5H,1-2H3,(H,17,18,19). The molecule has 2 aromatic heterocycles. The van der Waals surface area contributed by atoms with Gasteiger partial charge < -0.3 is 0 Å². The Balaban J connectivity index is 1.93. The van der Waals surface area contributed by atoms with Crippen LogP contribution in [-0.4, -0.2) is 10.9 Å². The van der Waals surface area contributed by atoms with Gasteiger partial charge in [-0.1, -0.05) is 17.4 Å². The fourth-order valence-corrected chi connectivity index (χ4v) is 5.91. The van der Waals surface area contributed by atoms with Crippen molar-refractivity contribution in [3.8, 4) is 0 Å². The van der Waals surface area contributed by atoms with Crippen LogP contribution >= 0.6 is 54.5 Å². The van der Waals surface area contributed by atoms with Crippen molar-refractivity contribution >= 4 is 75.8 Å². The molecular formula is C14H10Br2N2OS2. The van der Waals surface area contributed by atoms with Gasteiger partial charge in [0.25, 0.3) is 5.91 Å². The predicted molar refractivity (Wildman–Crippen MR) is 96.8 cm³/mol. The van der Waals surface area contributed by atoms with E-state index >= 15 is 0 Å². The Morgan fingerprint density at radius 2 is 1.95 bits per heavy atom. The number of thiazole rings is 1. The van der Waals surface area contributed by atoms with Gasteiger partial charge in [-0.15, -0.1) is 11.3 Å². The molecule has 0 aliphatic heterocycles. The minimum Gasteiger partial charge on any atom is -0.298 e. The average Bonchev–Trinajstić information content (AvgIpc) is 2.92. The molecule has 0 saturated heterocycles. The number of anilines is 1. The molecule has 1 amide bonds. The predicted octanol–water partition coefficient (Wildman–Crippen LogP) is 5.75. The highest BCUT2D eigenvalue weighted by Gasteiger charge is 2.16. The molecule has 0 unspecified atom stereocenters. The van der Waals surface area contributed by atoms with Crippen LogP contribution in [0.15, 0.2) is 25.8 Å². The van der Waals surface area contributed by atoms with Gasteiger partial charge in [0, 0.05) is 0 Å². The lowest BCUT2D eigenvalue weighted by atomic mass is 10.1. The van der Waals surface area contributed by atoms with Crippen LogP contribution in [0.4, 0.5) is 5.13 Å². The van der Waals surface area contributed by atoms with Gasteiger partial charge >= 0.3 is 0 Å². The molecule has 108 valence electrons. The first-order chi connectivity index (χ1) is 9.94. The zero-order valence-corrected chi connectivity index (χ0v) is 16.0. The monoisotopic (exact) mass is 444 g/mol. The lowest BCUT2D eigenvalue weighted by Crippen LogP contribution is -2.11. The molecule has 0 aliphatic carbocycles. The van der Waals surface area contributed by atoms with Gasteiger partial charge in [-0.2, -0.15) is 0 Å². The van der Waals surface area contributed by atoms with Gasteiger partial charge in [-0.25, -0.2) is 4.98 Å². The molecule has 0 radical (unpaired) electrons. The van der Waals surface area contributed by atoms with Crippen LogP contribution in [0.1, 0.15) is 21.5 Å². The van der Waals surface area contributed by atoms with Crippen LogP contribution in [0, 0.1) is 13.8 Å². The first-order valence-corrected chi connectivity index (χ1v) is 9.30. The molecule has 0 atom stereocenters. The number of halogens is 2. The second-order valence-corrected chi connectivity index (χ2v) is 9.42. The van der Waals surface area contributed by atoms with Crippen molar-refractivity contribution in [2.75, 3.05) is 5.32 Å². The average molecular weight is 446 g/mol. The molecule has 1 N–H and O–H groups in total. The molecular weight excluding hydrogens is 436 g/mol. The summed E-state index contributed by atoms with van der Waals surface area (Å²) in [7, 11) is 0. The van der Waals surface area contributed by atoms with Crippen LogP contribution in [-0.2, 0) is 0 Å². The maximum absolute atomic E-state index is 12.3. The van der Waals surface area contributed by atoms with Crippen molar-refractivity contribution in [2.24, 2.45) is 0 Å². The van der Waals surface area contributed by atoms with Gasteiger partial charge in [0.15, 0.2) is 5.13 Å². The smallest absolute Gasteiger partial charge is 0.259 e. The third kappa shape index (κ3) is 3.06. The summed E-state index contributed by atoms with van der Waals surface area (Å²) in [5, 5.41) is 3.50. The van der Waals surface area contributed by atoms with Gasteiger partial charge in [0.1, 0.15) is 0 Å². The largest absolute Gasteiger partial charge is 0.298 e. The lowest BCUT2D eigenvalue weighted by Gasteiger charge is -1.99. The number of nitrogens with zero attached hydrogens (tertiary/aromatic N) is 1. The summed E-state index contributed by atoms with van der Waals surface area (Å²) in [5.41, 5.74) is 3.89. The summed E-state index contributed by atoms with van der Waals surface area (Å²) >= 11 is 9.74. The van der Waals surface area contributed by atoms with E-state index < -0.39 is 0 Å². The molecule has 0 bridgehead atoms. The molecule has 3 nitrogen and oxygen atoms in total. The number of fused-ring (bicyclic) bond motifs is 1. The quantitative estimate of drug-likeness (QED) is 0.545.